The molecule has 0 aliphatic rings. The van der Waals surface area contributed by atoms with Crippen LogP contribution in [0.4, 0.5) is 0 Å². The van der Waals surface area contributed by atoms with Crippen LogP contribution in [0.1, 0.15) is 51.3 Å². The number of benzene rings is 2. The van der Waals surface area contributed by atoms with Gasteiger partial charge in [0.2, 0.25) is 0 Å². The molecular weight excluding hydrogens is 352 g/mol. The van der Waals surface area contributed by atoms with Gasteiger partial charge in [0, 0.05) is 25.8 Å². The highest BCUT2D eigenvalue weighted by atomic mass is 16.7. The first-order valence-electron chi connectivity index (χ1n) is 9.34. The van der Waals surface area contributed by atoms with Gasteiger partial charge in [-0.3, -0.25) is 9.59 Å². The molecule has 0 unspecified atom stereocenters. The van der Waals surface area contributed by atoms with E-state index in [1.54, 1.807) is 0 Å². The molecule has 28 heavy (non-hydrogen) atoms. The zero-order valence-electron chi connectivity index (χ0n) is 17.2. The predicted molar refractivity (Wildman–Crippen MR) is 111 cm³/mol. The molecule has 2 aromatic rings. The van der Waals surface area contributed by atoms with Crippen LogP contribution in [0.2, 0.25) is 0 Å². The number of ether oxygens (including phenoxy) is 2. The van der Waals surface area contributed by atoms with Gasteiger partial charge in [-0.05, 0) is 28.2 Å². The molecule has 148 valence electrons. The molecule has 0 N–H and O–H groups in total. The summed E-state index contributed by atoms with van der Waals surface area (Å²) in [6.45, 7) is 9.07. The Hall–Kier alpha value is -2.88. The minimum Gasteiger partial charge on any atom is -0.421 e. The maximum absolute atomic E-state index is 11.6. The van der Waals surface area contributed by atoms with E-state index in [-0.39, 0.29) is 5.41 Å². The molecule has 0 saturated carbocycles. The Morgan fingerprint density at radius 1 is 0.929 bits per heavy atom. The van der Waals surface area contributed by atoms with Crippen molar-refractivity contribution in [3.63, 3.8) is 0 Å². The molecule has 0 bridgehead atoms. The molecule has 0 aliphatic carbocycles. The molecule has 0 heterocycles. The lowest BCUT2D eigenvalue weighted by molar-refractivity contribution is -0.178. The lowest BCUT2D eigenvalue weighted by Crippen LogP contribution is -2.25. The highest BCUT2D eigenvalue weighted by molar-refractivity contribution is 5.69. The minimum absolute atomic E-state index is 0.00855. The van der Waals surface area contributed by atoms with E-state index in [2.05, 4.69) is 32.9 Å². The van der Waals surface area contributed by atoms with E-state index in [1.165, 1.54) is 19.4 Å². The van der Waals surface area contributed by atoms with E-state index in [4.69, 9.17) is 9.47 Å². The van der Waals surface area contributed by atoms with Crippen LogP contribution in [0, 0.1) is 0 Å². The van der Waals surface area contributed by atoms with Crippen LogP contribution in [0.25, 0.3) is 6.08 Å². The molecule has 2 rings (SSSR count). The lowest BCUT2D eigenvalue weighted by Gasteiger charge is -2.21. The summed E-state index contributed by atoms with van der Waals surface area (Å²) in [5, 5.41) is 0. The van der Waals surface area contributed by atoms with Crippen LogP contribution in [-0.2, 0) is 30.9 Å². The third-order valence-corrected chi connectivity index (χ3v) is 4.20. The van der Waals surface area contributed by atoms with Crippen molar-refractivity contribution in [1.82, 2.24) is 0 Å². The highest BCUT2D eigenvalue weighted by Gasteiger charge is 2.22. The van der Waals surface area contributed by atoms with E-state index < -0.39 is 18.2 Å². The average Bonchev–Trinajstić information content (AvgIpc) is 2.60. The van der Waals surface area contributed by atoms with Gasteiger partial charge in [0.25, 0.3) is 6.29 Å². The van der Waals surface area contributed by atoms with Crippen molar-refractivity contribution in [3.05, 3.63) is 76.9 Å². The molecule has 0 aliphatic heterocycles. The van der Waals surface area contributed by atoms with Gasteiger partial charge in [0.15, 0.2) is 0 Å². The summed E-state index contributed by atoms with van der Waals surface area (Å²) >= 11 is 0. The number of esters is 2. The Labute approximate surface area is 167 Å². The summed E-state index contributed by atoms with van der Waals surface area (Å²) in [6, 6.07) is 18.0. The number of hydrogen-bond donors (Lipinski definition) is 0. The van der Waals surface area contributed by atoms with Crippen molar-refractivity contribution in [1.29, 1.82) is 0 Å². The summed E-state index contributed by atoms with van der Waals surface area (Å²) in [6.07, 6.45) is 1.36. The van der Waals surface area contributed by atoms with E-state index in [1.807, 2.05) is 48.5 Å². The summed E-state index contributed by atoms with van der Waals surface area (Å²) in [5.41, 5.74) is 3.89. The van der Waals surface area contributed by atoms with Crippen LogP contribution < -0.4 is 0 Å². The van der Waals surface area contributed by atoms with Gasteiger partial charge in [0.05, 0.1) is 0 Å². The van der Waals surface area contributed by atoms with E-state index >= 15 is 0 Å². The van der Waals surface area contributed by atoms with Gasteiger partial charge < -0.3 is 9.47 Å². The topological polar surface area (TPSA) is 52.6 Å². The fraction of sp³-hybridized carbons (Fsp3) is 0.333. The number of carbonyl (C=O) groups is 2. The zero-order chi connectivity index (χ0) is 20.7. The van der Waals surface area contributed by atoms with Crippen LogP contribution in [0.5, 0.6) is 0 Å². The first-order valence-corrected chi connectivity index (χ1v) is 9.34. The average molecular weight is 380 g/mol. The molecule has 0 spiro atoms. The third-order valence-electron chi connectivity index (χ3n) is 4.20. The molecule has 0 saturated heterocycles. The van der Waals surface area contributed by atoms with Crippen molar-refractivity contribution in [2.45, 2.75) is 52.7 Å². The summed E-state index contributed by atoms with van der Waals surface area (Å²) in [4.78, 5) is 23.2. The second-order valence-corrected chi connectivity index (χ2v) is 7.81. The summed E-state index contributed by atoms with van der Waals surface area (Å²) in [5.74, 6) is -1.01. The molecule has 0 radical (unpaired) electrons. The Bertz CT molecular complexity index is 828. The van der Waals surface area contributed by atoms with Crippen molar-refractivity contribution in [3.8, 4) is 0 Å². The molecule has 0 fully saturated rings. The van der Waals surface area contributed by atoms with Crippen molar-refractivity contribution < 1.29 is 19.1 Å². The molecule has 0 aromatic heterocycles. The Morgan fingerprint density at radius 3 is 2.07 bits per heavy atom. The second kappa shape index (κ2) is 9.36. The smallest absolute Gasteiger partial charge is 0.305 e. The van der Waals surface area contributed by atoms with Crippen molar-refractivity contribution in [2.24, 2.45) is 0 Å². The van der Waals surface area contributed by atoms with Crippen LogP contribution >= 0.6 is 0 Å². The predicted octanol–water partition coefficient (Wildman–Crippen LogP) is 5.06. The van der Waals surface area contributed by atoms with E-state index in [0.29, 0.717) is 12.0 Å². The highest BCUT2D eigenvalue weighted by Crippen LogP contribution is 2.25. The van der Waals surface area contributed by atoms with Crippen molar-refractivity contribution >= 4 is 18.0 Å². The van der Waals surface area contributed by atoms with Gasteiger partial charge >= 0.3 is 11.9 Å². The number of hydrogen-bond acceptors (Lipinski definition) is 4. The monoisotopic (exact) mass is 380 g/mol. The summed E-state index contributed by atoms with van der Waals surface area (Å²) < 4.78 is 10.6. The second-order valence-electron chi connectivity index (χ2n) is 7.81. The fourth-order valence-electron chi connectivity index (χ4n) is 2.82. The van der Waals surface area contributed by atoms with E-state index in [0.717, 1.165) is 11.1 Å². The molecule has 4 heteroatoms. The third kappa shape index (κ3) is 6.69. The van der Waals surface area contributed by atoms with Gasteiger partial charge in [0.1, 0.15) is 0 Å². The molecule has 0 atom stereocenters. The van der Waals surface area contributed by atoms with Gasteiger partial charge in [-0.15, -0.1) is 0 Å². The maximum Gasteiger partial charge on any atom is 0.305 e. The number of carbonyl (C=O) groups excluding carboxylic acids is 2. The molecule has 4 nitrogen and oxygen atoms in total. The normalized spacial score (nSPS) is 12.0. The maximum atomic E-state index is 11.6. The molecule has 2 aromatic carbocycles. The van der Waals surface area contributed by atoms with E-state index in [9.17, 15) is 9.59 Å². The van der Waals surface area contributed by atoms with Crippen LogP contribution in [0.3, 0.4) is 0 Å². The zero-order valence-corrected chi connectivity index (χ0v) is 17.2. The Morgan fingerprint density at radius 2 is 1.54 bits per heavy atom. The Kier molecular flexibility index (Phi) is 7.16. The van der Waals surface area contributed by atoms with Gasteiger partial charge in [-0.1, -0.05) is 75.4 Å². The SMILES string of the molecule is CC(=O)OC(OC(C)=O)C(=Cc1cccc(C(C)(C)C)c1)Cc1ccccc1. The standard InChI is InChI=1S/C24H28O4/c1-17(25)27-23(28-18(2)26)21(14-19-10-7-6-8-11-19)15-20-12-9-13-22(16-20)24(3,4)5/h6-13,15-16,23H,14H2,1-5H3. The Balaban J connectivity index is 2.48. The number of rotatable bonds is 6. The lowest BCUT2D eigenvalue weighted by atomic mass is 9.86. The first-order chi connectivity index (χ1) is 13.1. The molecular formula is C24H28O4. The summed E-state index contributed by atoms with van der Waals surface area (Å²) in [7, 11) is 0. The van der Waals surface area contributed by atoms with Crippen LogP contribution in [0.15, 0.2) is 60.2 Å². The minimum atomic E-state index is -1.06. The molecule has 0 amide bonds. The van der Waals surface area contributed by atoms with Crippen LogP contribution in [-0.4, -0.2) is 18.2 Å². The largest absolute Gasteiger partial charge is 0.421 e. The van der Waals surface area contributed by atoms with Gasteiger partial charge in [-0.2, -0.15) is 0 Å². The fourth-order valence-corrected chi connectivity index (χ4v) is 2.82. The van der Waals surface area contributed by atoms with Crippen molar-refractivity contribution in [2.75, 3.05) is 0 Å². The quantitative estimate of drug-likeness (QED) is 0.519. The van der Waals surface area contributed by atoms with Gasteiger partial charge in [-0.25, -0.2) is 0 Å². The first kappa shape index (κ1) is 21.4.